The lowest BCUT2D eigenvalue weighted by molar-refractivity contribution is -0.135. The van der Waals surface area contributed by atoms with E-state index in [1.807, 2.05) is 17.5 Å². The lowest BCUT2D eigenvalue weighted by atomic mass is 10.2. The first-order valence-corrected chi connectivity index (χ1v) is 6.57. The Kier molecular flexibility index (Phi) is 4.06. The molecule has 0 fully saturated rings. The van der Waals surface area contributed by atoms with Crippen molar-refractivity contribution >= 4 is 27.2 Å². The van der Waals surface area contributed by atoms with Crippen LogP contribution in [0.5, 0.6) is 0 Å². The lowest BCUT2D eigenvalue weighted by Gasteiger charge is -2.08. The van der Waals surface area contributed by atoms with Crippen molar-refractivity contribution < 1.29 is 13.2 Å². The van der Waals surface area contributed by atoms with Gasteiger partial charge in [-0.1, -0.05) is 0 Å². The number of alkyl halides is 3. The Bertz CT molecular complexity index is 507. The van der Waals surface area contributed by atoms with Gasteiger partial charge in [0.15, 0.2) is 0 Å². The molecule has 0 saturated heterocycles. The molecule has 0 bridgehead atoms. The van der Waals surface area contributed by atoms with Gasteiger partial charge in [-0.3, -0.25) is 0 Å². The van der Waals surface area contributed by atoms with E-state index in [0.717, 1.165) is 15.9 Å². The van der Waals surface area contributed by atoms with E-state index in [9.17, 15) is 13.2 Å². The first-order chi connectivity index (χ1) is 8.56. The summed E-state index contributed by atoms with van der Waals surface area (Å²) < 4.78 is 37.0. The highest BCUT2D eigenvalue weighted by molar-refractivity contribution is 7.17. The molecule has 0 aliphatic rings. The van der Waals surface area contributed by atoms with E-state index >= 15 is 0 Å². The summed E-state index contributed by atoms with van der Waals surface area (Å²) in [6, 6.07) is 3.89. The smallest absolute Gasteiger partial charge is 0.370 e. The van der Waals surface area contributed by atoms with Gasteiger partial charge in [-0.05, 0) is 30.4 Å². The molecule has 0 unspecified atom stereocenters. The Morgan fingerprint density at radius 2 is 2.06 bits per heavy atom. The molecule has 0 atom stereocenters. The third-order valence-corrected chi connectivity index (χ3v) is 3.44. The Balaban J connectivity index is 1.82. The Morgan fingerprint density at radius 3 is 2.83 bits per heavy atom. The molecule has 0 aliphatic carbocycles. The van der Waals surface area contributed by atoms with Crippen LogP contribution in [0.2, 0.25) is 0 Å². The number of anilines is 1. The van der Waals surface area contributed by atoms with E-state index in [2.05, 4.69) is 10.3 Å². The molecular formula is C12H13F3N2S. The molecule has 2 aromatic rings. The Hall–Kier alpha value is -1.30. The van der Waals surface area contributed by atoms with E-state index in [1.165, 1.54) is 0 Å². The van der Waals surface area contributed by atoms with Crippen LogP contribution in [0.3, 0.4) is 0 Å². The SMILES string of the molecule is FC(F)(F)CCCCNc1nccc2sccc12. The van der Waals surface area contributed by atoms with Crippen LogP contribution in [-0.4, -0.2) is 17.7 Å². The van der Waals surface area contributed by atoms with E-state index in [-0.39, 0.29) is 6.42 Å². The summed E-state index contributed by atoms with van der Waals surface area (Å²) in [5, 5.41) is 6.09. The van der Waals surface area contributed by atoms with E-state index < -0.39 is 12.6 Å². The number of thiophene rings is 1. The van der Waals surface area contributed by atoms with Crippen molar-refractivity contribution in [2.24, 2.45) is 0 Å². The average molecular weight is 274 g/mol. The predicted molar refractivity (Wildman–Crippen MR) is 68.0 cm³/mol. The van der Waals surface area contributed by atoms with Crippen molar-refractivity contribution in [3.05, 3.63) is 23.7 Å². The minimum absolute atomic E-state index is 0.149. The van der Waals surface area contributed by atoms with Crippen LogP contribution >= 0.6 is 11.3 Å². The maximum atomic E-state index is 11.9. The number of nitrogens with one attached hydrogen (secondary N) is 1. The molecule has 1 N–H and O–H groups in total. The van der Waals surface area contributed by atoms with Crippen molar-refractivity contribution in [3.8, 4) is 0 Å². The Labute approximate surface area is 107 Å². The molecule has 0 amide bonds. The minimum Gasteiger partial charge on any atom is -0.370 e. The number of rotatable bonds is 5. The largest absolute Gasteiger partial charge is 0.389 e. The molecule has 2 heterocycles. The number of halogens is 3. The van der Waals surface area contributed by atoms with Gasteiger partial charge in [-0.15, -0.1) is 11.3 Å². The summed E-state index contributed by atoms with van der Waals surface area (Å²) in [7, 11) is 0. The molecule has 0 spiro atoms. The zero-order valence-corrected chi connectivity index (χ0v) is 10.4. The molecule has 2 nitrogen and oxygen atoms in total. The second kappa shape index (κ2) is 5.56. The third-order valence-electron chi connectivity index (χ3n) is 2.56. The number of pyridine rings is 1. The quantitative estimate of drug-likeness (QED) is 0.815. The number of aromatic nitrogens is 1. The topological polar surface area (TPSA) is 24.9 Å². The molecule has 0 saturated carbocycles. The van der Waals surface area contributed by atoms with Gasteiger partial charge in [0.25, 0.3) is 0 Å². The molecule has 6 heteroatoms. The first-order valence-electron chi connectivity index (χ1n) is 5.69. The zero-order valence-electron chi connectivity index (χ0n) is 9.63. The molecule has 18 heavy (non-hydrogen) atoms. The maximum absolute atomic E-state index is 11.9. The second-order valence-corrected chi connectivity index (χ2v) is 4.94. The van der Waals surface area contributed by atoms with Crippen molar-refractivity contribution in [2.75, 3.05) is 11.9 Å². The van der Waals surface area contributed by atoms with Gasteiger partial charge in [0.05, 0.1) is 0 Å². The number of unbranched alkanes of at least 4 members (excludes halogenated alkanes) is 1. The summed E-state index contributed by atoms with van der Waals surface area (Å²) >= 11 is 1.62. The van der Waals surface area contributed by atoms with Crippen molar-refractivity contribution in [1.82, 2.24) is 4.98 Å². The number of nitrogens with zero attached hydrogens (tertiary/aromatic N) is 1. The van der Waals surface area contributed by atoms with Gasteiger partial charge in [-0.25, -0.2) is 4.98 Å². The van der Waals surface area contributed by atoms with Gasteiger partial charge < -0.3 is 5.32 Å². The summed E-state index contributed by atoms with van der Waals surface area (Å²) in [5.74, 6) is 0.751. The first kappa shape index (κ1) is 13.1. The maximum Gasteiger partial charge on any atom is 0.389 e. The minimum atomic E-state index is -4.05. The van der Waals surface area contributed by atoms with Gasteiger partial charge in [-0.2, -0.15) is 13.2 Å². The number of hydrogen-bond acceptors (Lipinski definition) is 3. The van der Waals surface area contributed by atoms with Crippen LogP contribution < -0.4 is 5.32 Å². The highest BCUT2D eigenvalue weighted by Crippen LogP contribution is 2.26. The monoisotopic (exact) mass is 274 g/mol. The normalized spacial score (nSPS) is 11.9. The Morgan fingerprint density at radius 1 is 1.22 bits per heavy atom. The fourth-order valence-electron chi connectivity index (χ4n) is 1.69. The van der Waals surface area contributed by atoms with Crippen molar-refractivity contribution in [2.45, 2.75) is 25.4 Å². The van der Waals surface area contributed by atoms with Crippen LogP contribution in [-0.2, 0) is 0 Å². The van der Waals surface area contributed by atoms with E-state index in [0.29, 0.717) is 13.0 Å². The molecule has 0 aliphatic heterocycles. The second-order valence-electron chi connectivity index (χ2n) is 3.99. The predicted octanol–water partition coefficient (Wildman–Crippen LogP) is 4.44. The third kappa shape index (κ3) is 3.60. The fourth-order valence-corrected chi connectivity index (χ4v) is 2.47. The van der Waals surface area contributed by atoms with E-state index in [1.54, 1.807) is 17.5 Å². The van der Waals surface area contributed by atoms with Gasteiger partial charge in [0.1, 0.15) is 5.82 Å². The molecule has 2 aromatic heterocycles. The molecule has 2 rings (SSSR count). The van der Waals surface area contributed by atoms with Crippen LogP contribution in [0.25, 0.3) is 10.1 Å². The van der Waals surface area contributed by atoms with E-state index in [4.69, 9.17) is 0 Å². The van der Waals surface area contributed by atoms with Crippen LogP contribution in [0.4, 0.5) is 19.0 Å². The van der Waals surface area contributed by atoms with Crippen LogP contribution in [0.15, 0.2) is 23.7 Å². The fraction of sp³-hybridized carbons (Fsp3) is 0.417. The van der Waals surface area contributed by atoms with Crippen LogP contribution in [0, 0.1) is 0 Å². The van der Waals surface area contributed by atoms with Gasteiger partial charge >= 0.3 is 6.18 Å². The molecular weight excluding hydrogens is 261 g/mol. The summed E-state index contributed by atoms with van der Waals surface area (Å²) in [6.07, 6.45) is -2.43. The standard InChI is InChI=1S/C12H13F3N2S/c13-12(14,15)5-1-2-6-16-11-9-4-8-18-10(9)3-7-17-11/h3-4,7-8H,1-2,5-6H2,(H,16,17). The van der Waals surface area contributed by atoms with Gasteiger partial charge in [0.2, 0.25) is 0 Å². The average Bonchev–Trinajstić information content (AvgIpc) is 2.75. The molecule has 0 radical (unpaired) electrons. The summed E-state index contributed by atoms with van der Waals surface area (Å²) in [4.78, 5) is 4.20. The summed E-state index contributed by atoms with van der Waals surface area (Å²) in [6.45, 7) is 0.512. The highest BCUT2D eigenvalue weighted by atomic mass is 32.1. The summed E-state index contributed by atoms with van der Waals surface area (Å²) in [5.41, 5.74) is 0. The van der Waals surface area contributed by atoms with Gasteiger partial charge in [0, 0.05) is 29.2 Å². The highest BCUT2D eigenvalue weighted by Gasteiger charge is 2.25. The lowest BCUT2D eigenvalue weighted by Crippen LogP contribution is -2.09. The number of fused-ring (bicyclic) bond motifs is 1. The molecule has 0 aromatic carbocycles. The van der Waals surface area contributed by atoms with Crippen molar-refractivity contribution in [1.29, 1.82) is 0 Å². The zero-order chi connectivity index (χ0) is 13.0. The van der Waals surface area contributed by atoms with Crippen molar-refractivity contribution in [3.63, 3.8) is 0 Å². The molecule has 98 valence electrons. The van der Waals surface area contributed by atoms with Crippen LogP contribution in [0.1, 0.15) is 19.3 Å². The number of hydrogen-bond donors (Lipinski definition) is 1.